The second-order valence-corrected chi connectivity index (χ2v) is 28.1. The highest BCUT2D eigenvalue weighted by Crippen LogP contribution is 2.76. The highest BCUT2D eigenvalue weighted by Gasteiger charge is 2.76. The smallest absolute Gasteiger partial charge is 0.335 e. The number of allylic oxidation sites excluding steroid dienone is 2. The van der Waals surface area contributed by atoms with E-state index in [1.165, 1.54) is 6.92 Å². The molecule has 4 aliphatic heterocycles. The van der Waals surface area contributed by atoms with E-state index in [-0.39, 0.29) is 30.3 Å². The van der Waals surface area contributed by atoms with Crippen molar-refractivity contribution in [2.75, 3.05) is 26.4 Å². The minimum Gasteiger partial charge on any atom is -0.479 e. The Labute approximate surface area is 509 Å². The zero-order valence-electron chi connectivity index (χ0n) is 51.3. The molecule has 9 rings (SSSR count). The molecule has 88 heavy (non-hydrogen) atoms. The van der Waals surface area contributed by atoms with Gasteiger partial charge < -0.3 is 124 Å². The molecule has 0 unspecified atom stereocenters. The Morgan fingerprint density at radius 1 is 0.625 bits per heavy atom. The van der Waals surface area contributed by atoms with Crippen LogP contribution in [-0.4, -0.2) is 268 Å². The van der Waals surface area contributed by atoms with Crippen molar-refractivity contribution in [1.82, 2.24) is 0 Å². The molecular formula is C60H94O28. The van der Waals surface area contributed by atoms with Crippen molar-refractivity contribution in [3.05, 3.63) is 23.3 Å². The van der Waals surface area contributed by atoms with Gasteiger partial charge in [0.15, 0.2) is 37.4 Å². The molecule has 9 aliphatic rings. The van der Waals surface area contributed by atoms with Crippen LogP contribution in [0.5, 0.6) is 0 Å². The summed E-state index contributed by atoms with van der Waals surface area (Å²) in [5.41, 5.74) is -5.01. The van der Waals surface area contributed by atoms with Gasteiger partial charge in [-0.2, -0.15) is 0 Å². The molecule has 4 saturated heterocycles. The minimum atomic E-state index is -2.31. The summed E-state index contributed by atoms with van der Waals surface area (Å²) in [5, 5.41) is 168. The number of carboxylic acids is 1. The number of aliphatic hydroxyl groups excluding tert-OH is 14. The van der Waals surface area contributed by atoms with Crippen LogP contribution in [0, 0.1) is 50.2 Å². The molecule has 5 aliphatic carbocycles. The van der Waals surface area contributed by atoms with Crippen molar-refractivity contribution in [3.63, 3.8) is 0 Å². The lowest BCUT2D eigenvalue weighted by Crippen LogP contribution is -2.76. The summed E-state index contributed by atoms with van der Waals surface area (Å²) in [7, 11) is 0. The van der Waals surface area contributed by atoms with E-state index in [9.17, 15) is 91.0 Å². The Morgan fingerprint density at radius 3 is 1.82 bits per heavy atom. The van der Waals surface area contributed by atoms with Gasteiger partial charge in [0.1, 0.15) is 91.6 Å². The molecule has 4 saturated carbocycles. The third-order valence-electron chi connectivity index (χ3n) is 22.7. The monoisotopic (exact) mass is 1260 g/mol. The van der Waals surface area contributed by atoms with Crippen LogP contribution < -0.4 is 0 Å². The van der Waals surface area contributed by atoms with Gasteiger partial charge in [-0.25, -0.2) is 9.59 Å². The summed E-state index contributed by atoms with van der Waals surface area (Å²) in [6.07, 6.45) is -37.8. The van der Waals surface area contributed by atoms with Crippen LogP contribution in [-0.2, 0) is 61.8 Å². The summed E-state index contributed by atoms with van der Waals surface area (Å²) in [6, 6.07) is 0. The molecule has 0 bridgehead atoms. The van der Waals surface area contributed by atoms with Gasteiger partial charge in [0.2, 0.25) is 0 Å². The number of esters is 2. The molecule has 8 fully saturated rings. The maximum absolute atomic E-state index is 13.7. The van der Waals surface area contributed by atoms with Crippen LogP contribution in [0.3, 0.4) is 0 Å². The van der Waals surface area contributed by atoms with Crippen molar-refractivity contribution in [1.29, 1.82) is 0 Å². The van der Waals surface area contributed by atoms with Crippen LogP contribution in [0.25, 0.3) is 0 Å². The fourth-order valence-corrected chi connectivity index (χ4v) is 17.5. The van der Waals surface area contributed by atoms with Crippen LogP contribution in [0.4, 0.5) is 0 Å². The number of fused-ring (bicyclic) bond motifs is 7. The summed E-state index contributed by atoms with van der Waals surface area (Å²) in [6.45, 7) is 15.2. The quantitative estimate of drug-likeness (QED) is 0.0339. The molecule has 0 aromatic rings. The second-order valence-electron chi connectivity index (χ2n) is 28.1. The van der Waals surface area contributed by atoms with E-state index in [2.05, 4.69) is 19.9 Å². The molecule has 28 nitrogen and oxygen atoms in total. The van der Waals surface area contributed by atoms with E-state index in [0.29, 0.717) is 25.7 Å². The molecule has 0 aromatic carbocycles. The third-order valence-corrected chi connectivity index (χ3v) is 22.7. The summed E-state index contributed by atoms with van der Waals surface area (Å²) >= 11 is 0. The maximum Gasteiger partial charge on any atom is 0.335 e. The van der Waals surface area contributed by atoms with E-state index in [4.69, 9.17) is 47.4 Å². The topological polar surface area (TPSA) is 447 Å². The van der Waals surface area contributed by atoms with Crippen molar-refractivity contribution < 1.29 is 138 Å². The number of hydrogen-bond acceptors (Lipinski definition) is 27. The Bertz CT molecular complexity index is 2580. The predicted molar refractivity (Wildman–Crippen MR) is 296 cm³/mol. The van der Waals surface area contributed by atoms with Crippen LogP contribution >= 0.6 is 0 Å². The van der Waals surface area contributed by atoms with Gasteiger partial charge in [-0.15, -0.1) is 0 Å². The summed E-state index contributed by atoms with van der Waals surface area (Å²) in [4.78, 5) is 39.8. The van der Waals surface area contributed by atoms with Crippen LogP contribution in [0.1, 0.15) is 108 Å². The molecule has 0 aromatic heterocycles. The molecule has 0 spiro atoms. The largest absolute Gasteiger partial charge is 0.479 e. The SMILES string of the molecule is CC=C(C)C(=O)O[C@H]1[C@H](OC(C)=O)C(C)(C)C[C@H]2C3=CC[C@@H]4[C@@]5(C)CC[C@H](O[C@@H]6O[C@H](C(=O)O)[C@@H](O)[C@H](O[C@@H]7O[C@H](CO)[C@@H](O)[C@H](O)[C@H]7O[C@@H]7OC[C@@H](O)[C@H](O)[C@H]7O)[C@H]6O[C@@H]6O[C@H](CO)[C@@H](O)[C@H](O)[C@H]6O)C(C)(C)[C@@H]5CC[C@@]4(C)[C@]3(C)[C@@H](O)[C@@H](O)[C@]21CO. The molecule has 15 N–H and O–H groups in total. The summed E-state index contributed by atoms with van der Waals surface area (Å²) in [5.74, 6) is -4.29. The van der Waals surface area contributed by atoms with Crippen molar-refractivity contribution in [2.24, 2.45) is 50.2 Å². The van der Waals surface area contributed by atoms with Gasteiger partial charge in [0.05, 0.1) is 50.2 Å². The fraction of sp³-hybridized carbons (Fsp3) is 0.883. The first-order valence-electron chi connectivity index (χ1n) is 30.5. The maximum atomic E-state index is 13.7. The van der Waals surface area contributed by atoms with Gasteiger partial charge in [-0.05, 0) is 86.4 Å². The molecule has 4 heterocycles. The molecule has 28 heteroatoms. The Hall–Kier alpha value is -2.99. The number of rotatable bonds is 15. The minimum absolute atomic E-state index is 0.208. The van der Waals surface area contributed by atoms with Gasteiger partial charge in [0, 0.05) is 23.3 Å². The first-order valence-corrected chi connectivity index (χ1v) is 30.5. The van der Waals surface area contributed by atoms with Crippen molar-refractivity contribution in [2.45, 2.75) is 255 Å². The molecule has 502 valence electrons. The van der Waals surface area contributed by atoms with E-state index in [0.717, 1.165) is 5.57 Å². The molecule has 31 atom stereocenters. The van der Waals surface area contributed by atoms with Crippen LogP contribution in [0.15, 0.2) is 23.3 Å². The molecule has 0 amide bonds. The number of carbonyl (C=O) groups excluding carboxylic acids is 2. The standard InChI is InChI=1S/C60H94O28/c1-11-23(2)50(78)88-48-47(80-24(3)64)55(4,5)18-26-25-12-13-31-57(8)16-15-32(56(6,7)30(57)14-17-58(31,9)59(25,10)45(74)46(75)60(26,48)22-63)83-54-44(87-52-39(72)36(69)34(67)28(19-61)81-52)41(40(73)42(85-54)49(76)77)84-53-43(37(70)35(68)29(20-62)82-53)86-51-38(71)33(66)27(65)21-79-51/h11-12,26-48,51-54,61-63,65-75H,13-22H2,1-10H3,(H,76,77)/t26-,27+,28+,29+,30-,31+,32-,33-,34+,35+,36-,37-,38+,39+,40-,41-,42-,43+,44+,45-,46+,47-,48-,51-,52-,53-,54+,57-,58+,59-,60-/m0/s1. The lowest BCUT2D eigenvalue weighted by molar-refractivity contribution is -0.405. The van der Waals surface area contributed by atoms with E-state index < -0.39 is 230 Å². The number of carbonyl (C=O) groups is 3. The zero-order valence-corrected chi connectivity index (χ0v) is 51.3. The van der Waals surface area contributed by atoms with Crippen molar-refractivity contribution in [3.8, 4) is 0 Å². The predicted octanol–water partition coefficient (Wildman–Crippen LogP) is -2.86. The average Bonchev–Trinajstić information content (AvgIpc) is 0.708. The first kappa shape index (κ1) is 69.4. The number of aliphatic carboxylic acids is 1. The first-order chi connectivity index (χ1) is 41.1. The van der Waals surface area contributed by atoms with Gasteiger partial charge in [-0.1, -0.05) is 66.2 Å². The van der Waals surface area contributed by atoms with E-state index in [1.54, 1.807) is 19.9 Å². The van der Waals surface area contributed by atoms with Gasteiger partial charge >= 0.3 is 17.9 Å². The van der Waals surface area contributed by atoms with Gasteiger partial charge in [-0.3, -0.25) is 4.79 Å². The summed E-state index contributed by atoms with van der Waals surface area (Å²) < 4.78 is 60.9. The van der Waals surface area contributed by atoms with Crippen molar-refractivity contribution >= 4 is 17.9 Å². The third kappa shape index (κ3) is 11.1. The fourth-order valence-electron chi connectivity index (χ4n) is 17.5. The van der Waals surface area contributed by atoms with E-state index >= 15 is 0 Å². The number of aliphatic hydroxyl groups is 14. The lowest BCUT2D eigenvalue weighted by atomic mass is 9.32. The Kier molecular flexibility index (Phi) is 20.0. The number of hydrogen-bond donors (Lipinski definition) is 15. The lowest BCUT2D eigenvalue weighted by Gasteiger charge is -2.73. The zero-order chi connectivity index (χ0) is 65.0. The number of carboxylic acid groups (broad SMARTS) is 1. The Morgan fingerprint density at radius 2 is 1.22 bits per heavy atom. The normalized spacial score (nSPS) is 50.9. The van der Waals surface area contributed by atoms with E-state index in [1.807, 2.05) is 34.6 Å². The highest BCUT2D eigenvalue weighted by atomic mass is 16.8. The highest BCUT2D eigenvalue weighted by molar-refractivity contribution is 5.88. The number of ether oxygens (including phenoxy) is 10. The second kappa shape index (κ2) is 25.4. The Balaban J connectivity index is 1.06. The molecular weight excluding hydrogens is 1170 g/mol. The van der Waals surface area contributed by atoms with Gasteiger partial charge in [0.25, 0.3) is 0 Å². The average molecular weight is 1260 g/mol. The molecule has 0 radical (unpaired) electrons. The van der Waals surface area contributed by atoms with Crippen LogP contribution in [0.2, 0.25) is 0 Å².